The molecule has 0 N–H and O–H groups in total. The van der Waals surface area contributed by atoms with E-state index in [1.807, 2.05) is 0 Å². The molecule has 0 heterocycles. The van der Waals surface area contributed by atoms with E-state index in [0.29, 0.717) is 5.41 Å². The van der Waals surface area contributed by atoms with Crippen LogP contribution in [0.5, 0.6) is 0 Å². The Morgan fingerprint density at radius 2 is 0.706 bits per heavy atom. The van der Waals surface area contributed by atoms with Crippen LogP contribution in [0.3, 0.4) is 0 Å². The van der Waals surface area contributed by atoms with Crippen molar-refractivity contribution in [2.45, 2.75) is 374 Å². The average molecular weight is 970 g/mol. The van der Waals surface area contributed by atoms with Gasteiger partial charge in [-0.05, 0) is 96.2 Å². The van der Waals surface area contributed by atoms with Crippen LogP contribution in [0.4, 0.5) is 0 Å². The normalized spacial score (nSPS) is 16.1. The third-order valence-electron chi connectivity index (χ3n) is 13.4. The average Bonchev–Trinajstić information content (AvgIpc) is 3.73. The summed E-state index contributed by atoms with van der Waals surface area (Å²) in [5, 5.41) is 0. The van der Waals surface area contributed by atoms with Gasteiger partial charge < -0.3 is 0 Å². The van der Waals surface area contributed by atoms with E-state index in [9.17, 15) is 0 Å². The van der Waals surface area contributed by atoms with E-state index >= 15 is 0 Å². The van der Waals surface area contributed by atoms with Gasteiger partial charge in [-0.1, -0.05) is 348 Å². The summed E-state index contributed by atoms with van der Waals surface area (Å²) >= 11 is 0. The molecule has 0 aliphatic heterocycles. The Morgan fingerprint density at radius 1 is 0.368 bits per heavy atom. The van der Waals surface area contributed by atoms with E-state index in [1.165, 1.54) is 173 Å². The standard InChI is InChI=1S/8C7H16.2C6H12/c1-6(2)5-7(3)4;1-5-6-7(2,3)4;1-5-7(4)6(2)3;2*1-4-5-6-7(2)3;2*1-4-6-7(3)5-2;1-3-5-7-6-4-2;1-5-3-6(2)4-5;1-6-4-2-3-5-6/h6-7H,5H2,1-4H3;5-6H2,1-4H3;6-7H,5H2,1-4H3;4*7H,4-6H2,1-3H3;3-7H2,1-2H3;5-6H,3-4H2,1-2H3;6H,2-5H2,1H3/t;;7-;;;7-;;;;/m..0..1..../s1. The lowest BCUT2D eigenvalue weighted by Gasteiger charge is -2.28. The highest BCUT2D eigenvalue weighted by Crippen LogP contribution is 2.31. The topological polar surface area (TPSA) is 0 Å². The molecular formula is C68H152. The lowest BCUT2D eigenvalue weighted by molar-refractivity contribution is 0.233. The van der Waals surface area contributed by atoms with Crippen LogP contribution in [0, 0.1) is 70.5 Å². The van der Waals surface area contributed by atoms with E-state index < -0.39 is 0 Å². The maximum Gasteiger partial charge on any atom is -0.0383 e. The van der Waals surface area contributed by atoms with Crippen molar-refractivity contribution in [1.82, 2.24) is 0 Å². The van der Waals surface area contributed by atoms with Gasteiger partial charge in [-0.3, -0.25) is 0 Å². The predicted molar refractivity (Wildman–Crippen MR) is 330 cm³/mol. The molecule has 0 saturated heterocycles. The fourth-order valence-electron chi connectivity index (χ4n) is 7.89. The fraction of sp³-hybridized carbons (Fsp3) is 1.00. The number of unbranched alkanes of at least 4 members (excludes halogenated alkanes) is 6. The van der Waals surface area contributed by atoms with Crippen LogP contribution in [-0.2, 0) is 0 Å². The van der Waals surface area contributed by atoms with Gasteiger partial charge in [0.15, 0.2) is 0 Å². The molecule has 2 rings (SSSR count). The second kappa shape index (κ2) is 67.0. The van der Waals surface area contributed by atoms with E-state index in [0.717, 1.165) is 65.1 Å². The summed E-state index contributed by atoms with van der Waals surface area (Å²) in [7, 11) is 0. The van der Waals surface area contributed by atoms with Crippen LogP contribution in [0.2, 0.25) is 0 Å². The minimum Gasteiger partial charge on any atom is -0.0654 e. The Morgan fingerprint density at radius 3 is 0.779 bits per heavy atom. The molecule has 2 aliphatic rings. The van der Waals surface area contributed by atoms with E-state index in [1.54, 1.807) is 0 Å². The lowest BCUT2D eigenvalue weighted by atomic mass is 9.78. The molecule has 0 aromatic rings. The van der Waals surface area contributed by atoms with E-state index in [2.05, 4.69) is 201 Å². The first kappa shape index (κ1) is 84.8. The van der Waals surface area contributed by atoms with Gasteiger partial charge in [0.1, 0.15) is 0 Å². The molecular weight excluding hydrogens is 817 g/mol. The maximum absolute atomic E-state index is 2.34. The molecule has 0 nitrogen and oxygen atoms in total. The van der Waals surface area contributed by atoms with Gasteiger partial charge in [0.2, 0.25) is 0 Å². The molecule has 0 heteroatoms. The van der Waals surface area contributed by atoms with Crippen molar-refractivity contribution >= 4 is 0 Å². The number of hydrogen-bond acceptors (Lipinski definition) is 0. The molecule has 424 valence electrons. The number of rotatable bonds is 21. The summed E-state index contributed by atoms with van der Waals surface area (Å²) in [6.45, 7) is 65.8. The third kappa shape index (κ3) is 107. The van der Waals surface area contributed by atoms with Gasteiger partial charge in [-0.25, -0.2) is 0 Å². The fourth-order valence-corrected chi connectivity index (χ4v) is 7.89. The van der Waals surface area contributed by atoms with Crippen LogP contribution in [0.15, 0.2) is 0 Å². The van der Waals surface area contributed by atoms with E-state index in [4.69, 9.17) is 0 Å². The smallest absolute Gasteiger partial charge is 0.0383 e. The summed E-state index contributed by atoms with van der Waals surface area (Å²) in [5.74, 6) is 10.4. The van der Waals surface area contributed by atoms with Gasteiger partial charge >= 0.3 is 0 Å². The lowest BCUT2D eigenvalue weighted by Crippen LogP contribution is -2.16. The minimum atomic E-state index is 0.550. The molecule has 68 heavy (non-hydrogen) atoms. The third-order valence-corrected chi connectivity index (χ3v) is 13.4. The summed E-state index contributed by atoms with van der Waals surface area (Å²) in [4.78, 5) is 0. The van der Waals surface area contributed by atoms with Crippen LogP contribution in [0.1, 0.15) is 374 Å². The van der Waals surface area contributed by atoms with Gasteiger partial charge in [-0.15, -0.1) is 0 Å². The van der Waals surface area contributed by atoms with Crippen molar-refractivity contribution in [3.05, 3.63) is 0 Å². The first-order chi connectivity index (χ1) is 31.6. The Balaban J connectivity index is -0.0000000980. The van der Waals surface area contributed by atoms with Crippen molar-refractivity contribution < 1.29 is 0 Å². The summed E-state index contributed by atoms with van der Waals surface area (Å²) < 4.78 is 0. The second-order valence-electron chi connectivity index (χ2n) is 25.8. The van der Waals surface area contributed by atoms with Crippen molar-refractivity contribution in [3.63, 3.8) is 0 Å². The van der Waals surface area contributed by atoms with Crippen LogP contribution in [-0.4, -0.2) is 0 Å². The maximum atomic E-state index is 2.34. The molecule has 0 aromatic heterocycles. The number of hydrogen-bond donors (Lipinski definition) is 0. The quantitative estimate of drug-likeness (QED) is 0.101. The van der Waals surface area contributed by atoms with Crippen molar-refractivity contribution in [3.8, 4) is 0 Å². The highest BCUT2D eigenvalue weighted by Gasteiger charge is 2.19. The van der Waals surface area contributed by atoms with E-state index in [-0.39, 0.29) is 0 Å². The predicted octanol–water partition coefficient (Wildman–Crippen LogP) is 26.8. The molecule has 2 aliphatic carbocycles. The van der Waals surface area contributed by atoms with Crippen molar-refractivity contribution in [2.75, 3.05) is 0 Å². The Kier molecular flexibility index (Phi) is 83.5. The molecule has 0 aromatic carbocycles. The summed E-state index contributed by atoms with van der Waals surface area (Å²) in [6, 6.07) is 0. The van der Waals surface area contributed by atoms with Crippen LogP contribution >= 0.6 is 0 Å². The van der Waals surface area contributed by atoms with Gasteiger partial charge in [0.25, 0.3) is 0 Å². The zero-order valence-corrected chi connectivity index (χ0v) is 54.9. The van der Waals surface area contributed by atoms with Crippen molar-refractivity contribution in [1.29, 1.82) is 0 Å². The minimum absolute atomic E-state index is 0.550. The molecule has 1 unspecified atom stereocenters. The molecule has 0 radical (unpaired) electrons. The van der Waals surface area contributed by atoms with Crippen molar-refractivity contribution in [2.24, 2.45) is 70.5 Å². The molecule has 0 bridgehead atoms. The molecule has 0 amide bonds. The van der Waals surface area contributed by atoms with Gasteiger partial charge in [0.05, 0.1) is 0 Å². The largest absolute Gasteiger partial charge is 0.0654 e. The Labute approximate surface area is 442 Å². The molecule has 2 saturated carbocycles. The summed E-state index contributed by atoms with van der Waals surface area (Å²) in [5.41, 5.74) is 0.550. The monoisotopic (exact) mass is 969 g/mol. The Hall–Kier alpha value is 0. The first-order valence-corrected chi connectivity index (χ1v) is 31.6. The highest BCUT2D eigenvalue weighted by molar-refractivity contribution is 4.71. The first-order valence-electron chi connectivity index (χ1n) is 31.6. The summed E-state index contributed by atoms with van der Waals surface area (Å²) in [6.07, 6.45) is 37.7. The molecule has 2 fully saturated rings. The SMILES string of the molecule is CC(C)CC(C)C.CC1CC(C)C1.CC1CCCC1.CCCC(C)(C)C.CCCC(C)CC.CCCCC(C)C.CCCCC(C)C.CCCCCCC.CCC[C@H](C)CC.CC[C@H](C)C(C)C. The highest BCUT2D eigenvalue weighted by atomic mass is 14.3. The van der Waals surface area contributed by atoms with Crippen LogP contribution in [0.25, 0.3) is 0 Å². The van der Waals surface area contributed by atoms with Crippen LogP contribution < -0.4 is 0 Å². The molecule has 3 atom stereocenters. The second-order valence-corrected chi connectivity index (χ2v) is 25.8. The molecule has 0 spiro atoms. The van der Waals surface area contributed by atoms with Gasteiger partial charge in [-0.2, -0.15) is 0 Å². The van der Waals surface area contributed by atoms with Gasteiger partial charge in [0, 0.05) is 0 Å². The zero-order valence-electron chi connectivity index (χ0n) is 54.9. The zero-order chi connectivity index (χ0) is 54.9. The Bertz CT molecular complexity index is 726.